The third-order valence-electron chi connectivity index (χ3n) is 2.95. The van der Waals surface area contributed by atoms with Crippen molar-refractivity contribution in [3.05, 3.63) is 65.2 Å². The molecule has 0 amide bonds. The second-order valence-electron chi connectivity index (χ2n) is 4.71. The first-order valence-electron chi connectivity index (χ1n) is 6.22. The van der Waals surface area contributed by atoms with Crippen LogP contribution in [0.3, 0.4) is 0 Å². The minimum absolute atomic E-state index is 0.0844. The molecule has 20 heavy (non-hydrogen) atoms. The Labute approximate surface area is 123 Å². The number of halogens is 1. The van der Waals surface area contributed by atoms with Crippen LogP contribution in [0.15, 0.2) is 42.7 Å². The number of aromatic nitrogens is 1. The number of rotatable bonds is 5. The Hall–Kier alpha value is -1.85. The maximum Gasteiger partial charge on any atom is 0.133 e. The summed E-state index contributed by atoms with van der Waals surface area (Å²) in [5, 5.41) is 0. The van der Waals surface area contributed by atoms with Crippen molar-refractivity contribution in [2.75, 3.05) is 7.05 Å². The van der Waals surface area contributed by atoms with Crippen LogP contribution in [0, 0.1) is 5.82 Å². The minimum atomic E-state index is -0.377. The monoisotopic (exact) mass is 289 g/mol. The van der Waals surface area contributed by atoms with Gasteiger partial charge in [0, 0.05) is 31.0 Å². The van der Waals surface area contributed by atoms with Crippen LogP contribution < -0.4 is 5.73 Å². The fourth-order valence-electron chi connectivity index (χ4n) is 2.03. The summed E-state index contributed by atoms with van der Waals surface area (Å²) < 4.78 is 13.5. The van der Waals surface area contributed by atoms with E-state index in [4.69, 9.17) is 18.0 Å². The van der Waals surface area contributed by atoms with Gasteiger partial charge in [-0.25, -0.2) is 4.39 Å². The lowest BCUT2D eigenvalue weighted by molar-refractivity contribution is 0.319. The Bertz CT molecular complexity index is 601. The van der Waals surface area contributed by atoms with Crippen LogP contribution in [0.25, 0.3) is 0 Å². The van der Waals surface area contributed by atoms with Crippen LogP contribution in [0.4, 0.5) is 4.39 Å². The zero-order chi connectivity index (χ0) is 14.5. The zero-order valence-corrected chi connectivity index (χ0v) is 12.0. The van der Waals surface area contributed by atoms with Crippen molar-refractivity contribution in [1.29, 1.82) is 0 Å². The molecule has 0 unspecified atom stereocenters. The maximum atomic E-state index is 13.5. The molecular formula is C15H16FN3S. The van der Waals surface area contributed by atoms with Crippen molar-refractivity contribution in [3.63, 3.8) is 0 Å². The van der Waals surface area contributed by atoms with E-state index in [2.05, 4.69) is 9.88 Å². The Morgan fingerprint density at radius 2 is 1.85 bits per heavy atom. The Balaban J connectivity index is 2.06. The molecule has 0 aliphatic carbocycles. The SMILES string of the molecule is CN(Cc1ccncc1)Cc1ccc(F)c(C(N)=S)c1. The molecule has 0 aliphatic rings. The fraction of sp³-hybridized carbons (Fsp3) is 0.200. The molecule has 1 heterocycles. The average Bonchev–Trinajstić information content (AvgIpc) is 2.41. The highest BCUT2D eigenvalue weighted by molar-refractivity contribution is 7.80. The largest absolute Gasteiger partial charge is 0.389 e. The molecule has 1 aromatic heterocycles. The molecule has 0 radical (unpaired) electrons. The fourth-order valence-corrected chi connectivity index (χ4v) is 2.18. The van der Waals surface area contributed by atoms with Gasteiger partial charge in [0.2, 0.25) is 0 Å². The van der Waals surface area contributed by atoms with Gasteiger partial charge in [-0.2, -0.15) is 0 Å². The number of nitrogens with two attached hydrogens (primary N) is 1. The summed E-state index contributed by atoms with van der Waals surface area (Å²) in [6.07, 6.45) is 3.54. The van der Waals surface area contributed by atoms with Gasteiger partial charge in [0.05, 0.1) is 0 Å². The zero-order valence-electron chi connectivity index (χ0n) is 11.2. The number of hydrogen-bond acceptors (Lipinski definition) is 3. The standard InChI is InChI=1S/C15H16FN3S/c1-19(9-11-4-6-18-7-5-11)10-12-2-3-14(16)13(8-12)15(17)20/h2-8H,9-10H2,1H3,(H2,17,20). The normalized spacial score (nSPS) is 10.8. The quantitative estimate of drug-likeness (QED) is 0.859. The molecule has 0 saturated carbocycles. The van der Waals surface area contributed by atoms with Gasteiger partial charge < -0.3 is 5.73 Å². The van der Waals surface area contributed by atoms with Gasteiger partial charge in [0.15, 0.2) is 0 Å². The molecule has 2 N–H and O–H groups in total. The Kier molecular flexibility index (Phi) is 4.76. The number of hydrogen-bond donors (Lipinski definition) is 1. The number of nitrogens with zero attached hydrogens (tertiary/aromatic N) is 2. The van der Waals surface area contributed by atoms with E-state index in [1.54, 1.807) is 24.5 Å². The van der Waals surface area contributed by atoms with Crippen molar-refractivity contribution in [2.45, 2.75) is 13.1 Å². The lowest BCUT2D eigenvalue weighted by Crippen LogP contribution is -2.18. The molecule has 0 aliphatic heterocycles. The number of thiocarbonyl (C=S) groups is 1. The van der Waals surface area contributed by atoms with E-state index in [-0.39, 0.29) is 10.8 Å². The first-order chi connectivity index (χ1) is 9.56. The van der Waals surface area contributed by atoms with Gasteiger partial charge in [0.25, 0.3) is 0 Å². The molecule has 3 nitrogen and oxygen atoms in total. The summed E-state index contributed by atoms with van der Waals surface area (Å²) in [5.41, 5.74) is 7.97. The van der Waals surface area contributed by atoms with Crippen molar-refractivity contribution < 1.29 is 4.39 Å². The van der Waals surface area contributed by atoms with Gasteiger partial charge in [-0.3, -0.25) is 9.88 Å². The third-order valence-corrected chi connectivity index (χ3v) is 3.17. The topological polar surface area (TPSA) is 42.2 Å². The maximum absolute atomic E-state index is 13.5. The molecule has 2 aromatic rings. The van der Waals surface area contributed by atoms with E-state index in [1.165, 1.54) is 11.6 Å². The van der Waals surface area contributed by atoms with Crippen LogP contribution in [-0.4, -0.2) is 21.9 Å². The van der Waals surface area contributed by atoms with E-state index in [0.29, 0.717) is 12.1 Å². The minimum Gasteiger partial charge on any atom is -0.389 e. The van der Waals surface area contributed by atoms with E-state index in [1.807, 2.05) is 19.2 Å². The summed E-state index contributed by atoms with van der Waals surface area (Å²) in [5.74, 6) is -0.377. The lowest BCUT2D eigenvalue weighted by atomic mass is 10.1. The van der Waals surface area contributed by atoms with Crippen LogP contribution in [0.1, 0.15) is 16.7 Å². The predicted molar refractivity (Wildman–Crippen MR) is 81.7 cm³/mol. The highest BCUT2D eigenvalue weighted by atomic mass is 32.1. The molecule has 0 saturated heterocycles. The summed E-state index contributed by atoms with van der Waals surface area (Å²) >= 11 is 4.84. The van der Waals surface area contributed by atoms with E-state index < -0.39 is 0 Å². The van der Waals surface area contributed by atoms with Crippen molar-refractivity contribution in [3.8, 4) is 0 Å². The van der Waals surface area contributed by atoms with Gasteiger partial charge in [-0.05, 0) is 42.4 Å². The highest BCUT2D eigenvalue weighted by Gasteiger charge is 2.08. The Morgan fingerprint density at radius 1 is 1.20 bits per heavy atom. The molecule has 0 spiro atoms. The van der Waals surface area contributed by atoms with E-state index in [0.717, 1.165) is 12.1 Å². The second kappa shape index (κ2) is 6.54. The third kappa shape index (κ3) is 3.82. The highest BCUT2D eigenvalue weighted by Crippen LogP contribution is 2.13. The smallest absolute Gasteiger partial charge is 0.133 e. The molecule has 2 rings (SSSR count). The molecule has 1 aromatic carbocycles. The number of pyridine rings is 1. The second-order valence-corrected chi connectivity index (χ2v) is 5.15. The molecule has 0 bridgehead atoms. The van der Waals surface area contributed by atoms with E-state index >= 15 is 0 Å². The van der Waals surface area contributed by atoms with Crippen LogP contribution in [0.5, 0.6) is 0 Å². The van der Waals surface area contributed by atoms with Crippen LogP contribution >= 0.6 is 12.2 Å². The van der Waals surface area contributed by atoms with Gasteiger partial charge in [0.1, 0.15) is 10.8 Å². The van der Waals surface area contributed by atoms with Gasteiger partial charge in [-0.15, -0.1) is 0 Å². The summed E-state index contributed by atoms with van der Waals surface area (Å²) in [6, 6.07) is 8.81. The Morgan fingerprint density at radius 3 is 2.50 bits per heavy atom. The van der Waals surface area contributed by atoms with Crippen molar-refractivity contribution in [1.82, 2.24) is 9.88 Å². The first kappa shape index (κ1) is 14.6. The average molecular weight is 289 g/mol. The van der Waals surface area contributed by atoms with E-state index in [9.17, 15) is 4.39 Å². The summed E-state index contributed by atoms with van der Waals surface area (Å²) in [7, 11) is 2.00. The molecular weight excluding hydrogens is 273 g/mol. The molecule has 0 atom stereocenters. The van der Waals surface area contributed by atoms with Crippen LogP contribution in [-0.2, 0) is 13.1 Å². The molecule has 104 valence electrons. The number of benzene rings is 1. The molecule has 0 fully saturated rings. The van der Waals surface area contributed by atoms with Gasteiger partial charge >= 0.3 is 0 Å². The molecule has 5 heteroatoms. The summed E-state index contributed by atoms with van der Waals surface area (Å²) in [4.78, 5) is 6.20. The first-order valence-corrected chi connectivity index (χ1v) is 6.63. The van der Waals surface area contributed by atoms with Crippen molar-refractivity contribution in [2.24, 2.45) is 5.73 Å². The lowest BCUT2D eigenvalue weighted by Gasteiger charge is -2.17. The predicted octanol–water partition coefficient (Wildman–Crippen LogP) is 2.49. The van der Waals surface area contributed by atoms with Crippen LogP contribution in [0.2, 0.25) is 0 Å². The van der Waals surface area contributed by atoms with Crippen molar-refractivity contribution >= 4 is 17.2 Å². The summed E-state index contributed by atoms with van der Waals surface area (Å²) in [6.45, 7) is 1.49. The van der Waals surface area contributed by atoms with Gasteiger partial charge in [-0.1, -0.05) is 18.3 Å².